The van der Waals surface area contributed by atoms with Gasteiger partial charge in [-0.15, -0.1) is 0 Å². The molecular weight excluding hydrogens is 286 g/mol. The Labute approximate surface area is 127 Å². The summed E-state index contributed by atoms with van der Waals surface area (Å²) in [5.74, 6) is 1.16. The summed E-state index contributed by atoms with van der Waals surface area (Å²) in [5, 5.41) is 7.29. The Balaban J connectivity index is 1.80. The van der Waals surface area contributed by atoms with Gasteiger partial charge in [-0.3, -0.25) is 10.00 Å². The first-order valence-electron chi connectivity index (χ1n) is 7.89. The van der Waals surface area contributed by atoms with Gasteiger partial charge in [0.05, 0.1) is 11.9 Å². The molecule has 1 saturated heterocycles. The maximum absolute atomic E-state index is 11.6. The van der Waals surface area contributed by atoms with E-state index in [1.165, 1.54) is 17.5 Å². The first kappa shape index (κ1) is 15.0. The monoisotopic (exact) mass is 311 g/mol. The minimum absolute atomic E-state index is 0.275. The molecule has 2 aliphatic rings. The summed E-state index contributed by atoms with van der Waals surface area (Å²) in [5.41, 5.74) is 2.60. The molecule has 118 valence electrons. The van der Waals surface area contributed by atoms with Crippen molar-refractivity contribution in [1.82, 2.24) is 15.1 Å². The molecule has 1 aliphatic carbocycles. The molecule has 21 heavy (non-hydrogen) atoms. The number of likely N-dealkylation sites (tertiary alicyclic amines) is 1. The molecule has 1 N–H and O–H groups in total. The predicted octanol–water partition coefficient (Wildman–Crippen LogP) is 1.27. The smallest absolute Gasteiger partial charge is 0.147 e. The molecule has 1 fully saturated rings. The first-order valence-corrected chi connectivity index (χ1v) is 9.95. The topological polar surface area (TPSA) is 66.1 Å². The molecule has 0 amide bonds. The lowest BCUT2D eigenvalue weighted by atomic mass is 9.75. The van der Waals surface area contributed by atoms with Gasteiger partial charge in [0, 0.05) is 24.5 Å². The summed E-state index contributed by atoms with van der Waals surface area (Å²) in [7, 11) is -2.90. The van der Waals surface area contributed by atoms with Crippen LogP contribution in [0.2, 0.25) is 0 Å². The van der Waals surface area contributed by atoms with Crippen molar-refractivity contribution in [2.75, 3.05) is 25.1 Å². The molecule has 0 saturated carbocycles. The lowest BCUT2D eigenvalue weighted by Crippen LogP contribution is -2.53. The molecule has 3 rings (SSSR count). The summed E-state index contributed by atoms with van der Waals surface area (Å²) < 4.78 is 23.3. The van der Waals surface area contributed by atoms with Crippen LogP contribution in [0.5, 0.6) is 0 Å². The van der Waals surface area contributed by atoms with Crippen molar-refractivity contribution >= 4 is 9.84 Å². The molecule has 0 spiro atoms. The molecule has 0 radical (unpaired) electrons. The van der Waals surface area contributed by atoms with Gasteiger partial charge in [0.25, 0.3) is 0 Å². The van der Waals surface area contributed by atoms with Crippen molar-refractivity contribution in [3.05, 3.63) is 17.5 Å². The number of aromatic amines is 1. The molecule has 1 aromatic heterocycles. The van der Waals surface area contributed by atoms with Crippen LogP contribution in [-0.4, -0.2) is 54.7 Å². The molecule has 1 aliphatic heterocycles. The summed E-state index contributed by atoms with van der Waals surface area (Å²) in [6.07, 6.45) is 7.53. The van der Waals surface area contributed by atoms with E-state index in [1.807, 2.05) is 6.20 Å². The van der Waals surface area contributed by atoms with Gasteiger partial charge < -0.3 is 0 Å². The number of sulfone groups is 1. The molecule has 3 atom stereocenters. The minimum Gasteiger partial charge on any atom is -0.299 e. The van der Waals surface area contributed by atoms with Gasteiger partial charge in [0.2, 0.25) is 0 Å². The number of rotatable bonds is 4. The minimum atomic E-state index is -2.90. The van der Waals surface area contributed by atoms with E-state index in [0.29, 0.717) is 17.7 Å². The first-order chi connectivity index (χ1) is 9.96. The van der Waals surface area contributed by atoms with E-state index >= 15 is 0 Å². The van der Waals surface area contributed by atoms with Crippen LogP contribution in [-0.2, 0) is 22.7 Å². The zero-order valence-electron chi connectivity index (χ0n) is 12.9. The molecule has 2 heterocycles. The summed E-state index contributed by atoms with van der Waals surface area (Å²) in [4.78, 5) is 2.53. The van der Waals surface area contributed by atoms with Gasteiger partial charge in [-0.25, -0.2) is 8.42 Å². The van der Waals surface area contributed by atoms with Gasteiger partial charge >= 0.3 is 0 Å². The normalized spacial score (nSPS) is 29.9. The number of fused-ring (bicyclic) bond motifs is 2. The van der Waals surface area contributed by atoms with E-state index in [2.05, 4.69) is 22.0 Å². The van der Waals surface area contributed by atoms with Crippen LogP contribution in [0, 0.1) is 11.8 Å². The van der Waals surface area contributed by atoms with Crippen LogP contribution < -0.4 is 0 Å². The van der Waals surface area contributed by atoms with E-state index in [0.717, 1.165) is 38.8 Å². The number of nitrogens with one attached hydrogen (secondary N) is 1. The second-order valence-corrected chi connectivity index (χ2v) is 8.98. The summed E-state index contributed by atoms with van der Waals surface area (Å²) in [6.45, 7) is 4.19. The number of piperidine rings is 1. The van der Waals surface area contributed by atoms with Crippen LogP contribution >= 0.6 is 0 Å². The van der Waals surface area contributed by atoms with E-state index in [4.69, 9.17) is 0 Å². The number of H-pyrrole nitrogens is 1. The lowest BCUT2D eigenvalue weighted by Gasteiger charge is -2.46. The molecule has 0 aromatic carbocycles. The van der Waals surface area contributed by atoms with Crippen LogP contribution in [0.1, 0.15) is 31.0 Å². The Hall–Kier alpha value is -0.880. The Kier molecular flexibility index (Phi) is 4.10. The van der Waals surface area contributed by atoms with Gasteiger partial charge in [-0.1, -0.05) is 6.92 Å². The number of aromatic nitrogens is 2. The number of hydrogen-bond donors (Lipinski definition) is 1. The van der Waals surface area contributed by atoms with Crippen molar-refractivity contribution in [3.63, 3.8) is 0 Å². The zero-order chi connectivity index (χ0) is 15.0. The van der Waals surface area contributed by atoms with E-state index < -0.39 is 9.84 Å². The molecule has 5 nitrogen and oxygen atoms in total. The fraction of sp³-hybridized carbons (Fsp3) is 0.800. The Morgan fingerprint density at radius 1 is 1.43 bits per heavy atom. The maximum atomic E-state index is 11.6. The second kappa shape index (κ2) is 5.72. The quantitative estimate of drug-likeness (QED) is 0.909. The Morgan fingerprint density at radius 3 is 2.95 bits per heavy atom. The average Bonchev–Trinajstić information content (AvgIpc) is 2.82. The average molecular weight is 311 g/mol. The van der Waals surface area contributed by atoms with Crippen molar-refractivity contribution < 1.29 is 8.42 Å². The van der Waals surface area contributed by atoms with Crippen molar-refractivity contribution in [2.24, 2.45) is 11.8 Å². The number of hydrogen-bond acceptors (Lipinski definition) is 4. The highest BCUT2D eigenvalue weighted by atomic mass is 32.2. The molecule has 6 heteroatoms. The van der Waals surface area contributed by atoms with Crippen molar-refractivity contribution in [2.45, 2.75) is 38.6 Å². The van der Waals surface area contributed by atoms with Crippen LogP contribution in [0.15, 0.2) is 6.20 Å². The molecule has 1 unspecified atom stereocenters. The third kappa shape index (κ3) is 3.31. The van der Waals surface area contributed by atoms with Gasteiger partial charge in [-0.2, -0.15) is 5.10 Å². The highest BCUT2D eigenvalue weighted by molar-refractivity contribution is 7.90. The highest BCUT2D eigenvalue weighted by Crippen LogP contribution is 2.36. The zero-order valence-corrected chi connectivity index (χ0v) is 13.7. The largest absolute Gasteiger partial charge is 0.299 e. The van der Waals surface area contributed by atoms with Gasteiger partial charge in [0.1, 0.15) is 9.84 Å². The van der Waals surface area contributed by atoms with Crippen LogP contribution in [0.4, 0.5) is 0 Å². The second-order valence-electron chi connectivity index (χ2n) is 6.80. The fourth-order valence-corrected chi connectivity index (χ4v) is 5.31. The maximum Gasteiger partial charge on any atom is 0.147 e. The Bertz CT molecular complexity index is 596. The fourth-order valence-electron chi connectivity index (χ4n) is 4.21. The van der Waals surface area contributed by atoms with E-state index in [9.17, 15) is 8.42 Å². The Morgan fingerprint density at radius 2 is 2.24 bits per heavy atom. The molecular formula is C15H25N3O2S. The number of nitrogens with zero attached hydrogens (tertiary/aromatic N) is 2. The summed E-state index contributed by atoms with van der Waals surface area (Å²) in [6, 6.07) is 0.561. The SMILES string of the molecule is CCCN1C[C@H](CS(C)(=O)=O)C[C@@H]2Cc3[nH]ncc3CC21. The standard InChI is InChI=1S/C15H25N3O2S/c1-3-4-18-9-11(10-21(2,19)20)5-12-6-14-13(7-15(12)18)8-16-17-14/h8,11-12,15H,3-7,9-10H2,1-2H3,(H,16,17)/t11-,12-,15?/m1/s1. The lowest BCUT2D eigenvalue weighted by molar-refractivity contribution is 0.0553. The van der Waals surface area contributed by atoms with Crippen molar-refractivity contribution in [3.8, 4) is 0 Å². The predicted molar refractivity (Wildman–Crippen MR) is 83.0 cm³/mol. The van der Waals surface area contributed by atoms with E-state index in [-0.39, 0.29) is 5.92 Å². The van der Waals surface area contributed by atoms with Crippen molar-refractivity contribution in [1.29, 1.82) is 0 Å². The molecule has 0 bridgehead atoms. The van der Waals surface area contributed by atoms with Crippen LogP contribution in [0.3, 0.4) is 0 Å². The van der Waals surface area contributed by atoms with Crippen LogP contribution in [0.25, 0.3) is 0 Å². The van der Waals surface area contributed by atoms with Gasteiger partial charge in [-0.05, 0) is 49.6 Å². The third-order valence-corrected chi connectivity index (χ3v) is 5.97. The highest BCUT2D eigenvalue weighted by Gasteiger charge is 2.40. The molecule has 1 aromatic rings. The van der Waals surface area contributed by atoms with Gasteiger partial charge in [0.15, 0.2) is 0 Å². The third-order valence-electron chi connectivity index (χ3n) is 4.89. The summed E-state index contributed by atoms with van der Waals surface area (Å²) >= 11 is 0. The van der Waals surface area contributed by atoms with E-state index in [1.54, 1.807) is 0 Å².